The summed E-state index contributed by atoms with van der Waals surface area (Å²) < 4.78 is 11.9. The Morgan fingerprint density at radius 3 is 2.46 bits per heavy atom. The van der Waals surface area contributed by atoms with E-state index in [1.807, 2.05) is 6.92 Å². The van der Waals surface area contributed by atoms with Gasteiger partial charge in [0.2, 0.25) is 0 Å². The Morgan fingerprint density at radius 2 is 1.81 bits per heavy atom. The summed E-state index contributed by atoms with van der Waals surface area (Å²) in [5, 5.41) is 21.4. The molecule has 0 aromatic heterocycles. The molecule has 0 aromatic rings. The molecule has 148 valence electrons. The second-order valence-corrected chi connectivity index (χ2v) is 11.8. The SMILES string of the molecule is CS(=O)C[C@@H]1[C@@H]2CC[C@@]3(CC[C@H]4[C@@](C)(CCC[C@@]4(C)C(=O)O)[C@@H]3C2)[C@@H]1O. The molecule has 1 spiro atoms. The van der Waals surface area contributed by atoms with Crippen LogP contribution in [-0.2, 0) is 15.6 Å². The van der Waals surface area contributed by atoms with Crippen LogP contribution in [0.5, 0.6) is 0 Å². The third-order valence-electron chi connectivity index (χ3n) is 9.40. The smallest absolute Gasteiger partial charge is 0.309 e. The topological polar surface area (TPSA) is 74.6 Å². The molecule has 4 nitrogen and oxygen atoms in total. The summed E-state index contributed by atoms with van der Waals surface area (Å²) in [6.45, 7) is 4.31. The zero-order valence-electron chi connectivity index (χ0n) is 16.4. The number of aliphatic hydroxyl groups excluding tert-OH is 1. The molecule has 0 radical (unpaired) electrons. The summed E-state index contributed by atoms with van der Waals surface area (Å²) in [4.78, 5) is 12.1. The van der Waals surface area contributed by atoms with Crippen molar-refractivity contribution in [3.05, 3.63) is 0 Å². The number of rotatable bonds is 3. The minimum atomic E-state index is -0.876. The Hall–Kier alpha value is -0.420. The summed E-state index contributed by atoms with van der Waals surface area (Å²) in [7, 11) is -0.876. The molecule has 0 saturated heterocycles. The first-order chi connectivity index (χ1) is 12.1. The lowest BCUT2D eigenvalue weighted by atomic mass is 9.35. The van der Waals surface area contributed by atoms with Crippen molar-refractivity contribution in [3.8, 4) is 0 Å². The molecule has 1 unspecified atom stereocenters. The van der Waals surface area contributed by atoms with Gasteiger partial charge in [-0.05, 0) is 86.4 Å². The maximum Gasteiger partial charge on any atom is 0.309 e. The van der Waals surface area contributed by atoms with E-state index in [1.165, 1.54) is 0 Å². The number of carboxylic acids is 1. The number of aliphatic hydroxyl groups is 1. The average molecular weight is 383 g/mol. The van der Waals surface area contributed by atoms with Gasteiger partial charge in [-0.1, -0.05) is 13.3 Å². The summed E-state index contributed by atoms with van der Waals surface area (Å²) >= 11 is 0. The van der Waals surface area contributed by atoms with E-state index in [0.29, 0.717) is 17.6 Å². The molecule has 5 saturated carbocycles. The Kier molecular flexibility index (Phi) is 4.39. The van der Waals surface area contributed by atoms with Crippen molar-refractivity contribution in [1.82, 2.24) is 0 Å². The van der Waals surface area contributed by atoms with Crippen molar-refractivity contribution in [2.45, 2.75) is 71.3 Å². The number of fused-ring (bicyclic) bond motifs is 3. The molecule has 0 aliphatic heterocycles. The highest BCUT2D eigenvalue weighted by Gasteiger charge is 2.68. The predicted molar refractivity (Wildman–Crippen MR) is 102 cm³/mol. The van der Waals surface area contributed by atoms with Gasteiger partial charge in [-0.2, -0.15) is 0 Å². The minimum Gasteiger partial charge on any atom is -0.481 e. The second-order valence-electron chi connectivity index (χ2n) is 10.3. The number of hydrogen-bond donors (Lipinski definition) is 2. The molecular formula is C21H34O4S. The molecule has 5 fully saturated rings. The van der Waals surface area contributed by atoms with Gasteiger partial charge in [-0.15, -0.1) is 0 Å². The molecule has 9 atom stereocenters. The van der Waals surface area contributed by atoms with Crippen LogP contribution in [0.3, 0.4) is 0 Å². The van der Waals surface area contributed by atoms with Crippen LogP contribution in [0.15, 0.2) is 0 Å². The van der Waals surface area contributed by atoms with Crippen LogP contribution >= 0.6 is 0 Å². The zero-order chi connectivity index (χ0) is 18.9. The lowest BCUT2D eigenvalue weighted by Gasteiger charge is -2.69. The van der Waals surface area contributed by atoms with Gasteiger partial charge in [-0.3, -0.25) is 9.00 Å². The van der Waals surface area contributed by atoms with Crippen LogP contribution in [0, 0.1) is 39.9 Å². The van der Waals surface area contributed by atoms with Crippen molar-refractivity contribution >= 4 is 16.8 Å². The summed E-state index contributed by atoms with van der Waals surface area (Å²) in [6, 6.07) is 0. The Balaban J connectivity index is 1.71. The van der Waals surface area contributed by atoms with Gasteiger partial charge >= 0.3 is 5.97 Å². The first kappa shape index (κ1) is 18.9. The van der Waals surface area contributed by atoms with Crippen molar-refractivity contribution in [3.63, 3.8) is 0 Å². The highest BCUT2D eigenvalue weighted by molar-refractivity contribution is 7.84. The van der Waals surface area contributed by atoms with Crippen LogP contribution in [0.4, 0.5) is 0 Å². The van der Waals surface area contributed by atoms with E-state index < -0.39 is 22.2 Å². The molecule has 0 amide bonds. The fourth-order valence-electron chi connectivity index (χ4n) is 8.23. The normalized spacial score (nSPS) is 54.2. The van der Waals surface area contributed by atoms with Crippen molar-refractivity contribution < 1.29 is 19.2 Å². The quantitative estimate of drug-likeness (QED) is 0.784. The first-order valence-corrected chi connectivity index (χ1v) is 12.1. The van der Waals surface area contributed by atoms with E-state index in [2.05, 4.69) is 6.92 Å². The third-order valence-corrected chi connectivity index (χ3v) is 10.3. The maximum atomic E-state index is 12.1. The Morgan fingerprint density at radius 1 is 1.12 bits per heavy atom. The lowest BCUT2D eigenvalue weighted by molar-refractivity contribution is -0.241. The monoisotopic (exact) mass is 382 g/mol. The van der Waals surface area contributed by atoms with Crippen LogP contribution in [0.2, 0.25) is 0 Å². The van der Waals surface area contributed by atoms with Crippen molar-refractivity contribution in [2.75, 3.05) is 12.0 Å². The van der Waals surface area contributed by atoms with Gasteiger partial charge in [0.05, 0.1) is 11.5 Å². The maximum absolute atomic E-state index is 12.1. The molecular weight excluding hydrogens is 348 g/mol. The second kappa shape index (κ2) is 6.04. The molecule has 5 heteroatoms. The van der Waals surface area contributed by atoms with E-state index in [0.717, 1.165) is 51.4 Å². The largest absolute Gasteiger partial charge is 0.481 e. The van der Waals surface area contributed by atoms with Gasteiger partial charge in [0.25, 0.3) is 0 Å². The molecule has 5 aliphatic carbocycles. The highest BCUT2D eigenvalue weighted by atomic mass is 32.2. The van der Waals surface area contributed by atoms with E-state index in [-0.39, 0.29) is 28.8 Å². The van der Waals surface area contributed by atoms with E-state index >= 15 is 0 Å². The van der Waals surface area contributed by atoms with E-state index in [4.69, 9.17) is 0 Å². The molecule has 26 heavy (non-hydrogen) atoms. The van der Waals surface area contributed by atoms with E-state index in [9.17, 15) is 19.2 Å². The standard InChI is InChI=1S/C21H34O4S/c1-19-7-4-8-20(2,18(23)24)15(19)6-10-21-9-5-13(11-16(19)21)14(17(21)22)12-26(3)25/h13-17,22H,4-12H2,1-3H3,(H,23,24)/t13-,14-,15+,16+,17-,19-,20-,21+,26?/m1/s1. The van der Waals surface area contributed by atoms with Crippen molar-refractivity contribution in [2.24, 2.45) is 39.9 Å². The average Bonchev–Trinajstić information content (AvgIpc) is 2.57. The lowest BCUT2D eigenvalue weighted by Crippen LogP contribution is -2.67. The Labute approximate surface area is 159 Å². The fourth-order valence-corrected chi connectivity index (χ4v) is 9.23. The van der Waals surface area contributed by atoms with Gasteiger partial charge < -0.3 is 10.2 Å². The zero-order valence-corrected chi connectivity index (χ0v) is 17.2. The van der Waals surface area contributed by atoms with Crippen molar-refractivity contribution in [1.29, 1.82) is 0 Å². The van der Waals surface area contributed by atoms with Crippen LogP contribution in [0.25, 0.3) is 0 Å². The number of hydrogen-bond acceptors (Lipinski definition) is 3. The van der Waals surface area contributed by atoms with Crippen LogP contribution < -0.4 is 0 Å². The Bertz CT molecular complexity index is 636. The van der Waals surface area contributed by atoms with Gasteiger partial charge in [0.1, 0.15) is 0 Å². The van der Waals surface area contributed by atoms with Crippen LogP contribution in [0.1, 0.15) is 65.2 Å². The van der Waals surface area contributed by atoms with Gasteiger partial charge in [-0.25, -0.2) is 0 Å². The predicted octanol–water partition coefficient (Wildman–Crippen LogP) is 3.45. The number of carboxylic acid groups (broad SMARTS) is 1. The number of carbonyl (C=O) groups is 1. The molecule has 2 bridgehead atoms. The molecule has 0 aromatic carbocycles. The molecule has 0 heterocycles. The first-order valence-electron chi connectivity index (χ1n) is 10.4. The molecule has 5 aliphatic rings. The van der Waals surface area contributed by atoms with Gasteiger partial charge in [0.15, 0.2) is 0 Å². The summed E-state index contributed by atoms with van der Waals surface area (Å²) in [5.41, 5.74) is -0.680. The summed E-state index contributed by atoms with van der Waals surface area (Å²) in [6.07, 6.45) is 9.42. The fraction of sp³-hybridized carbons (Fsp3) is 0.952. The van der Waals surface area contributed by atoms with Crippen LogP contribution in [-0.4, -0.2) is 38.5 Å². The minimum absolute atomic E-state index is 0.0135. The number of aliphatic carboxylic acids is 1. The molecule has 5 rings (SSSR count). The van der Waals surface area contributed by atoms with Gasteiger partial charge in [0, 0.05) is 22.8 Å². The third kappa shape index (κ3) is 2.35. The summed E-state index contributed by atoms with van der Waals surface area (Å²) in [5.74, 6) is 1.23. The molecule has 2 N–H and O–H groups in total. The van der Waals surface area contributed by atoms with E-state index in [1.54, 1.807) is 6.26 Å². The highest BCUT2D eigenvalue weighted by Crippen LogP contribution is 2.72.